The molecule has 2 fully saturated rings. The zero-order valence-electron chi connectivity index (χ0n) is 18.0. The maximum Gasteiger partial charge on any atom is 0.272 e. The average Bonchev–Trinajstić information content (AvgIpc) is 3.44. The van der Waals surface area contributed by atoms with Gasteiger partial charge in [-0.1, -0.05) is 18.2 Å². The lowest BCUT2D eigenvalue weighted by atomic mass is 10.0. The van der Waals surface area contributed by atoms with Gasteiger partial charge in [0.25, 0.3) is 11.8 Å². The summed E-state index contributed by atoms with van der Waals surface area (Å²) in [6, 6.07) is 9.94. The minimum absolute atomic E-state index is 0.0322. The number of benzene rings is 1. The second kappa shape index (κ2) is 7.76. The van der Waals surface area contributed by atoms with Crippen molar-refractivity contribution in [2.75, 3.05) is 33.8 Å². The van der Waals surface area contributed by atoms with E-state index in [4.69, 9.17) is 4.74 Å². The third-order valence-electron chi connectivity index (χ3n) is 6.02. The molecule has 1 saturated heterocycles. The minimum Gasteiger partial charge on any atom is -0.370 e. The Labute approximate surface area is 185 Å². The fourth-order valence-corrected chi connectivity index (χ4v) is 5.46. The van der Waals surface area contributed by atoms with Crippen LogP contribution in [0.25, 0.3) is 10.1 Å². The number of aryl methyl sites for hydroxylation is 1. The van der Waals surface area contributed by atoms with Gasteiger partial charge in [-0.15, -0.1) is 11.3 Å². The molecule has 0 N–H and O–H groups in total. The maximum absolute atomic E-state index is 13.3. The molecule has 3 heterocycles. The van der Waals surface area contributed by atoms with Crippen molar-refractivity contribution < 1.29 is 14.3 Å². The molecule has 31 heavy (non-hydrogen) atoms. The normalized spacial score (nSPS) is 19.1. The highest BCUT2D eigenvalue weighted by Crippen LogP contribution is 2.40. The van der Waals surface area contributed by atoms with Crippen molar-refractivity contribution in [1.29, 1.82) is 0 Å². The van der Waals surface area contributed by atoms with Crippen LogP contribution in [0.3, 0.4) is 0 Å². The number of thiophene rings is 1. The Kier molecular flexibility index (Phi) is 5.06. The Morgan fingerprint density at radius 1 is 1.23 bits per heavy atom. The minimum atomic E-state index is -0.344. The lowest BCUT2D eigenvalue weighted by Gasteiger charge is -2.33. The summed E-state index contributed by atoms with van der Waals surface area (Å²) < 4.78 is 8.87. The molecule has 1 aromatic carbocycles. The first-order valence-corrected chi connectivity index (χ1v) is 11.4. The quantitative estimate of drug-likeness (QED) is 0.626. The Morgan fingerprint density at radius 2 is 2.00 bits per heavy atom. The van der Waals surface area contributed by atoms with Crippen LogP contribution in [0, 0.1) is 0 Å². The summed E-state index contributed by atoms with van der Waals surface area (Å²) >= 11 is 1.49. The summed E-state index contributed by atoms with van der Waals surface area (Å²) in [6.07, 6.45) is 1.96. The first-order chi connectivity index (χ1) is 14.9. The number of hydrogen-bond donors (Lipinski definition) is 0. The van der Waals surface area contributed by atoms with E-state index in [9.17, 15) is 9.59 Å². The van der Waals surface area contributed by atoms with Gasteiger partial charge in [0.05, 0.1) is 23.7 Å². The molecular formula is C23H26N4O3S. The number of aromatic nitrogens is 2. The van der Waals surface area contributed by atoms with Crippen LogP contribution in [0.1, 0.15) is 56.3 Å². The van der Waals surface area contributed by atoms with E-state index in [1.165, 1.54) is 11.3 Å². The Morgan fingerprint density at radius 3 is 2.74 bits per heavy atom. The van der Waals surface area contributed by atoms with E-state index in [1.54, 1.807) is 23.7 Å². The maximum atomic E-state index is 13.3. The van der Waals surface area contributed by atoms with Gasteiger partial charge < -0.3 is 14.5 Å². The average molecular weight is 439 g/mol. The summed E-state index contributed by atoms with van der Waals surface area (Å²) in [5.41, 5.74) is 2.51. The van der Waals surface area contributed by atoms with Crippen molar-refractivity contribution in [3.63, 3.8) is 0 Å². The third-order valence-corrected chi connectivity index (χ3v) is 7.20. The van der Waals surface area contributed by atoms with E-state index < -0.39 is 0 Å². The molecule has 0 spiro atoms. The summed E-state index contributed by atoms with van der Waals surface area (Å²) in [6.45, 7) is 1.37. The zero-order chi connectivity index (χ0) is 21.7. The fraction of sp³-hybridized carbons (Fsp3) is 0.435. The monoisotopic (exact) mass is 438 g/mol. The van der Waals surface area contributed by atoms with Crippen LogP contribution in [-0.4, -0.2) is 65.2 Å². The van der Waals surface area contributed by atoms with Crippen molar-refractivity contribution in [1.82, 2.24) is 19.6 Å². The molecule has 2 aromatic heterocycles. The molecule has 0 unspecified atom stereocenters. The first-order valence-electron chi connectivity index (χ1n) is 10.6. The molecule has 1 aliphatic heterocycles. The molecule has 3 aromatic rings. The van der Waals surface area contributed by atoms with E-state index >= 15 is 0 Å². The fourth-order valence-electron chi connectivity index (χ4n) is 4.19. The van der Waals surface area contributed by atoms with Crippen LogP contribution < -0.4 is 0 Å². The molecule has 162 valence electrons. The number of nitrogens with zero attached hydrogens (tertiary/aromatic N) is 4. The Hall–Kier alpha value is -2.71. The van der Waals surface area contributed by atoms with Crippen molar-refractivity contribution in [2.45, 2.75) is 24.9 Å². The number of amides is 2. The molecule has 1 aliphatic carbocycles. The first kappa shape index (κ1) is 20.2. The van der Waals surface area contributed by atoms with Crippen molar-refractivity contribution in [3.8, 4) is 0 Å². The number of morpholine rings is 1. The van der Waals surface area contributed by atoms with Crippen LogP contribution in [0.15, 0.2) is 30.3 Å². The smallest absolute Gasteiger partial charge is 0.272 e. The second-order valence-corrected chi connectivity index (χ2v) is 9.56. The van der Waals surface area contributed by atoms with Gasteiger partial charge in [0.2, 0.25) is 0 Å². The second-order valence-electron chi connectivity index (χ2n) is 8.50. The largest absolute Gasteiger partial charge is 0.370 e. The molecular weight excluding hydrogens is 412 g/mol. The van der Waals surface area contributed by atoms with E-state index in [2.05, 4.69) is 5.10 Å². The standard InChI is InChI=1S/C23H26N4O3S/c1-25(2)23(29)21-20(15-6-4-5-7-19(15)31-21)18-13-27(10-11-30-18)22(28)17-12-16(14-8-9-14)24-26(17)3/h4-7,12,14,18H,8-11,13H2,1-3H3/t18-/m0/s1. The summed E-state index contributed by atoms with van der Waals surface area (Å²) in [5, 5.41) is 5.57. The van der Waals surface area contributed by atoms with Crippen LogP contribution in [-0.2, 0) is 11.8 Å². The van der Waals surface area contributed by atoms with Crippen LogP contribution >= 0.6 is 11.3 Å². The molecule has 0 radical (unpaired) electrons. The molecule has 2 amide bonds. The number of rotatable bonds is 4. The van der Waals surface area contributed by atoms with E-state index in [0.717, 1.165) is 34.2 Å². The van der Waals surface area contributed by atoms with Crippen LogP contribution in [0.5, 0.6) is 0 Å². The number of ether oxygens (including phenoxy) is 1. The van der Waals surface area contributed by atoms with Gasteiger partial charge in [0.15, 0.2) is 0 Å². The molecule has 1 saturated carbocycles. The Bertz CT molecular complexity index is 1160. The summed E-state index contributed by atoms with van der Waals surface area (Å²) in [5.74, 6) is 0.432. The predicted molar refractivity (Wildman–Crippen MR) is 120 cm³/mol. The highest BCUT2D eigenvalue weighted by molar-refractivity contribution is 7.21. The molecule has 2 aliphatic rings. The highest BCUT2D eigenvalue weighted by Gasteiger charge is 2.34. The molecule has 5 rings (SSSR count). The summed E-state index contributed by atoms with van der Waals surface area (Å²) in [4.78, 5) is 30.3. The van der Waals surface area contributed by atoms with E-state index in [0.29, 0.717) is 36.2 Å². The zero-order valence-corrected chi connectivity index (χ0v) is 18.8. The predicted octanol–water partition coefficient (Wildman–Crippen LogP) is 3.43. The number of carbonyl (C=O) groups excluding carboxylic acids is 2. The lowest BCUT2D eigenvalue weighted by Crippen LogP contribution is -2.43. The molecule has 0 bridgehead atoms. The summed E-state index contributed by atoms with van der Waals surface area (Å²) in [7, 11) is 5.35. The third kappa shape index (κ3) is 3.64. The van der Waals surface area contributed by atoms with Gasteiger partial charge in [-0.05, 0) is 30.4 Å². The molecule has 7 nitrogen and oxygen atoms in total. The van der Waals surface area contributed by atoms with Gasteiger partial charge in [-0.25, -0.2) is 0 Å². The number of carbonyl (C=O) groups is 2. The van der Waals surface area contributed by atoms with Crippen molar-refractivity contribution in [2.24, 2.45) is 7.05 Å². The highest BCUT2D eigenvalue weighted by atomic mass is 32.1. The van der Waals surface area contributed by atoms with Crippen LogP contribution in [0.2, 0.25) is 0 Å². The SMILES string of the molecule is CN(C)C(=O)c1sc2ccccc2c1[C@@H]1CN(C(=O)c2cc(C3CC3)nn2C)CCO1. The van der Waals surface area contributed by atoms with E-state index in [1.807, 2.05) is 42.3 Å². The topological polar surface area (TPSA) is 67.7 Å². The van der Waals surface area contributed by atoms with E-state index in [-0.39, 0.29) is 17.9 Å². The van der Waals surface area contributed by atoms with Gasteiger partial charge >= 0.3 is 0 Å². The Balaban J connectivity index is 1.47. The van der Waals surface area contributed by atoms with Crippen molar-refractivity contribution >= 4 is 33.2 Å². The van der Waals surface area contributed by atoms with Gasteiger partial charge in [0, 0.05) is 43.9 Å². The number of hydrogen-bond acceptors (Lipinski definition) is 5. The number of fused-ring (bicyclic) bond motifs is 1. The van der Waals surface area contributed by atoms with Gasteiger partial charge in [0.1, 0.15) is 11.8 Å². The van der Waals surface area contributed by atoms with Gasteiger partial charge in [-0.3, -0.25) is 14.3 Å². The van der Waals surface area contributed by atoms with Crippen LogP contribution in [0.4, 0.5) is 0 Å². The lowest BCUT2D eigenvalue weighted by molar-refractivity contribution is -0.0226. The van der Waals surface area contributed by atoms with Crippen molar-refractivity contribution in [3.05, 3.63) is 52.2 Å². The molecule has 1 atom stereocenters. The molecule has 8 heteroatoms. The van der Waals surface area contributed by atoms with Gasteiger partial charge in [-0.2, -0.15) is 5.10 Å².